The van der Waals surface area contributed by atoms with E-state index in [0.29, 0.717) is 0 Å². The van der Waals surface area contributed by atoms with Crippen LogP contribution in [-0.2, 0) is 58.1 Å². The highest BCUT2D eigenvalue weighted by Crippen LogP contribution is 2.51. The van der Waals surface area contributed by atoms with Crippen molar-refractivity contribution >= 4 is 0 Å². The normalized spacial score (nSPS) is 13.4. The molecule has 3 nitrogen and oxygen atoms in total. The highest BCUT2D eigenvalue weighted by molar-refractivity contribution is 5.62. The number of methoxy groups -OCH3 is 3. The highest BCUT2D eigenvalue weighted by Gasteiger charge is 2.46. The lowest BCUT2D eigenvalue weighted by Crippen LogP contribution is -2.38. The molecule has 0 saturated carbocycles. The van der Waals surface area contributed by atoms with Crippen LogP contribution in [0.5, 0.6) is 0 Å². The first-order chi connectivity index (χ1) is 34.8. The molecule has 0 aliphatic heterocycles. The van der Waals surface area contributed by atoms with Crippen LogP contribution < -0.4 is 0 Å². The number of benzene rings is 7. The fraction of sp³-hybridized carbons (Fsp3) is 0.417. The number of ether oxygens (including phenoxy) is 3. The van der Waals surface area contributed by atoms with Crippen molar-refractivity contribution in [2.24, 2.45) is 0 Å². The van der Waals surface area contributed by atoms with E-state index in [4.69, 9.17) is 14.2 Å². The van der Waals surface area contributed by atoms with E-state index in [1.165, 1.54) is 27.8 Å². The maximum absolute atomic E-state index is 7.42. The zero-order chi connectivity index (χ0) is 55.5. The number of aryl methyl sites for hydroxylation is 4. The van der Waals surface area contributed by atoms with Crippen molar-refractivity contribution in [1.29, 1.82) is 0 Å². The van der Waals surface area contributed by atoms with Crippen molar-refractivity contribution in [3.05, 3.63) is 246 Å². The van der Waals surface area contributed by atoms with Gasteiger partial charge in [-0.3, -0.25) is 0 Å². The average Bonchev–Trinajstić information content (AvgIpc) is 3.34. The van der Waals surface area contributed by atoms with E-state index in [-0.39, 0.29) is 27.1 Å². The summed E-state index contributed by atoms with van der Waals surface area (Å²) in [5.41, 5.74) is 17.0. The Labute approximate surface area is 454 Å². The van der Waals surface area contributed by atoms with E-state index in [2.05, 4.69) is 277 Å². The van der Waals surface area contributed by atoms with Crippen LogP contribution in [0.25, 0.3) is 0 Å². The van der Waals surface area contributed by atoms with Crippen LogP contribution in [0.1, 0.15) is 204 Å². The SMILES string of the molecule is COC(c1ccc(C(C)(C)C)cc1)(c1ccc(C(C)(C)C)cc1)c1cc(C(OC)(c2ccc(C(C)(C)C)cc2)c2cc(C(OC)(c3ccc(C(C)(C)C)cc3)c3ccc(C(C)(C)C)cc3)c(C)cc2C)c(C)cc1C. The van der Waals surface area contributed by atoms with Crippen molar-refractivity contribution in [1.82, 2.24) is 0 Å². The third kappa shape index (κ3) is 10.5. The van der Waals surface area contributed by atoms with Gasteiger partial charge in [-0.05, 0) is 167 Å². The van der Waals surface area contributed by atoms with Gasteiger partial charge in [0.2, 0.25) is 0 Å². The first-order valence-corrected chi connectivity index (χ1v) is 27.3. The summed E-state index contributed by atoms with van der Waals surface area (Å²) < 4.78 is 21.7. The molecule has 0 aliphatic rings. The molecule has 0 spiro atoms. The standard InChI is InChI=1S/C72H90O3/c1-47-43-49(3)63(45-61(47)70(73-20,56-33-23-51(24-34-56)65(5,6)7)57-35-25-52(26-36-57)66(8,9)10)72(75-22,60-41-31-55(32-42-60)69(17,18)19)64-46-62(48(2)44-50(64)4)71(74-21,58-37-27-53(28-38-58)67(11,12)13)59-39-29-54(30-40-59)68(14,15)16/h23-46H,1-22H3. The lowest BCUT2D eigenvalue weighted by atomic mass is 9.69. The zero-order valence-electron chi connectivity index (χ0n) is 50.1. The number of rotatable bonds is 12. The van der Waals surface area contributed by atoms with Crippen molar-refractivity contribution < 1.29 is 14.2 Å². The van der Waals surface area contributed by atoms with Crippen LogP contribution in [-0.4, -0.2) is 21.3 Å². The molecule has 0 atom stereocenters. The Morgan fingerprint density at radius 2 is 0.360 bits per heavy atom. The van der Waals surface area contributed by atoms with Crippen LogP contribution in [0, 0.1) is 27.7 Å². The summed E-state index contributed by atoms with van der Waals surface area (Å²) in [6.45, 7) is 43.0. The summed E-state index contributed by atoms with van der Waals surface area (Å²) in [6.07, 6.45) is 0. The highest BCUT2D eigenvalue weighted by atomic mass is 16.5. The maximum Gasteiger partial charge on any atom is 0.143 e. The van der Waals surface area contributed by atoms with Gasteiger partial charge in [-0.25, -0.2) is 0 Å². The molecule has 0 bridgehead atoms. The van der Waals surface area contributed by atoms with Gasteiger partial charge in [-0.1, -0.05) is 237 Å². The smallest absolute Gasteiger partial charge is 0.143 e. The lowest BCUT2D eigenvalue weighted by molar-refractivity contribution is 0.0493. The molecule has 0 radical (unpaired) electrons. The molecule has 75 heavy (non-hydrogen) atoms. The third-order valence-corrected chi connectivity index (χ3v) is 16.4. The zero-order valence-corrected chi connectivity index (χ0v) is 50.1. The van der Waals surface area contributed by atoms with Crippen molar-refractivity contribution in [3.63, 3.8) is 0 Å². The van der Waals surface area contributed by atoms with E-state index in [9.17, 15) is 0 Å². The van der Waals surface area contributed by atoms with Crippen molar-refractivity contribution in [2.45, 2.75) is 175 Å². The summed E-state index contributed by atoms with van der Waals surface area (Å²) in [5, 5.41) is 0. The Bertz CT molecular complexity index is 2800. The van der Waals surface area contributed by atoms with E-state index in [1.54, 1.807) is 0 Å². The molecule has 7 rings (SSSR count). The molecular formula is C72H90O3. The Morgan fingerprint density at radius 3 is 0.520 bits per heavy atom. The topological polar surface area (TPSA) is 27.7 Å². The molecule has 0 N–H and O–H groups in total. The Morgan fingerprint density at radius 1 is 0.213 bits per heavy atom. The fourth-order valence-corrected chi connectivity index (χ4v) is 11.7. The average molecular weight is 1000 g/mol. The molecule has 3 heteroatoms. The Balaban J connectivity index is 1.63. The van der Waals surface area contributed by atoms with Crippen LogP contribution in [0.3, 0.4) is 0 Å². The minimum atomic E-state index is -1.12. The summed E-state index contributed by atoms with van der Waals surface area (Å²) in [6, 6.07) is 55.1. The number of hydrogen-bond donors (Lipinski definition) is 0. The fourth-order valence-electron chi connectivity index (χ4n) is 11.7. The first kappa shape index (κ1) is 57.1. The molecule has 396 valence electrons. The largest absolute Gasteiger partial charge is 0.364 e. The van der Waals surface area contributed by atoms with Gasteiger partial charge in [0.05, 0.1) is 0 Å². The minimum Gasteiger partial charge on any atom is -0.364 e. The Kier molecular flexibility index (Phi) is 15.6. The van der Waals surface area contributed by atoms with Crippen LogP contribution >= 0.6 is 0 Å². The molecule has 7 aromatic rings. The predicted molar refractivity (Wildman–Crippen MR) is 318 cm³/mol. The third-order valence-electron chi connectivity index (χ3n) is 16.4. The van der Waals surface area contributed by atoms with Gasteiger partial charge in [0, 0.05) is 21.3 Å². The van der Waals surface area contributed by atoms with E-state index in [1.807, 2.05) is 21.3 Å². The quantitative estimate of drug-likeness (QED) is 0.114. The van der Waals surface area contributed by atoms with E-state index < -0.39 is 16.8 Å². The second-order valence-corrected chi connectivity index (χ2v) is 26.8. The molecule has 0 saturated heterocycles. The molecule has 7 aromatic carbocycles. The van der Waals surface area contributed by atoms with Gasteiger partial charge in [-0.2, -0.15) is 0 Å². The molecule has 0 aliphatic carbocycles. The lowest BCUT2D eigenvalue weighted by Gasteiger charge is -2.42. The minimum absolute atomic E-state index is 0.0208. The molecule has 0 aromatic heterocycles. The summed E-state index contributed by atoms with van der Waals surface area (Å²) in [4.78, 5) is 0. The Hall–Kier alpha value is -5.58. The molecule has 0 amide bonds. The summed E-state index contributed by atoms with van der Waals surface area (Å²) in [7, 11) is 5.62. The van der Waals surface area contributed by atoms with Crippen molar-refractivity contribution in [2.75, 3.05) is 21.3 Å². The summed E-state index contributed by atoms with van der Waals surface area (Å²) >= 11 is 0. The van der Waals surface area contributed by atoms with Crippen molar-refractivity contribution in [3.8, 4) is 0 Å². The van der Waals surface area contributed by atoms with Gasteiger partial charge < -0.3 is 14.2 Å². The monoisotopic (exact) mass is 1000 g/mol. The molecule has 0 unspecified atom stereocenters. The van der Waals surface area contributed by atoms with Gasteiger partial charge >= 0.3 is 0 Å². The van der Waals surface area contributed by atoms with Gasteiger partial charge in [0.25, 0.3) is 0 Å². The second kappa shape index (κ2) is 20.4. The molecule has 0 fully saturated rings. The van der Waals surface area contributed by atoms with Gasteiger partial charge in [-0.15, -0.1) is 0 Å². The second-order valence-electron chi connectivity index (χ2n) is 26.8. The number of hydrogen-bond acceptors (Lipinski definition) is 3. The molecule has 0 heterocycles. The predicted octanol–water partition coefficient (Wildman–Crippen LogP) is 18.2. The van der Waals surface area contributed by atoms with Crippen LogP contribution in [0.2, 0.25) is 0 Å². The van der Waals surface area contributed by atoms with Crippen LogP contribution in [0.4, 0.5) is 0 Å². The first-order valence-electron chi connectivity index (χ1n) is 27.3. The van der Waals surface area contributed by atoms with Gasteiger partial charge in [0.1, 0.15) is 16.8 Å². The van der Waals surface area contributed by atoms with Crippen LogP contribution in [0.15, 0.2) is 146 Å². The van der Waals surface area contributed by atoms with E-state index >= 15 is 0 Å². The van der Waals surface area contributed by atoms with Gasteiger partial charge in [0.15, 0.2) is 0 Å². The summed E-state index contributed by atoms with van der Waals surface area (Å²) in [5.74, 6) is 0. The maximum atomic E-state index is 7.42. The van der Waals surface area contributed by atoms with E-state index in [0.717, 1.165) is 72.3 Å². The molecular weight excluding hydrogens is 913 g/mol.